The minimum atomic E-state index is -0.305. The normalized spacial score (nSPS) is 19.3. The van der Waals surface area contributed by atoms with E-state index in [-0.39, 0.29) is 17.9 Å². The van der Waals surface area contributed by atoms with E-state index in [1.54, 1.807) is 0 Å². The van der Waals surface area contributed by atoms with E-state index in [0.29, 0.717) is 13.0 Å². The van der Waals surface area contributed by atoms with Gasteiger partial charge in [-0.1, -0.05) is 31.9 Å². The molecule has 1 fully saturated rings. The van der Waals surface area contributed by atoms with E-state index in [1.807, 2.05) is 12.2 Å². The Hall–Kier alpha value is -1.32. The maximum Gasteiger partial charge on any atom is 0.244 e. The number of carbonyl (C=O) groups is 2. The summed E-state index contributed by atoms with van der Waals surface area (Å²) >= 11 is 0. The SMILES string of the molecule is CCCCC/C=C\CC(=O)N[C@H]1CNC1=O. The van der Waals surface area contributed by atoms with Gasteiger partial charge >= 0.3 is 0 Å². The van der Waals surface area contributed by atoms with Gasteiger partial charge in [0.05, 0.1) is 0 Å². The quantitative estimate of drug-likeness (QED) is 0.387. The first kappa shape index (κ1) is 12.7. The molecule has 2 N–H and O–H groups in total. The fourth-order valence-corrected chi connectivity index (χ4v) is 1.48. The number of nitrogens with one attached hydrogen (secondary N) is 2. The highest BCUT2D eigenvalue weighted by atomic mass is 16.2. The molecule has 90 valence electrons. The Balaban J connectivity index is 2.03. The Bertz CT molecular complexity index is 274. The van der Waals surface area contributed by atoms with Gasteiger partial charge in [-0.15, -0.1) is 0 Å². The Kier molecular flexibility index (Phi) is 5.61. The molecule has 1 heterocycles. The summed E-state index contributed by atoms with van der Waals surface area (Å²) in [6.07, 6.45) is 8.95. The molecule has 0 bridgehead atoms. The predicted molar refractivity (Wildman–Crippen MR) is 62.8 cm³/mol. The summed E-state index contributed by atoms with van der Waals surface area (Å²) in [5, 5.41) is 5.25. The van der Waals surface area contributed by atoms with Gasteiger partial charge in [-0.05, 0) is 12.8 Å². The maximum absolute atomic E-state index is 11.3. The Morgan fingerprint density at radius 2 is 2.31 bits per heavy atom. The molecular weight excluding hydrogens is 204 g/mol. The summed E-state index contributed by atoms with van der Waals surface area (Å²) in [6.45, 7) is 2.73. The van der Waals surface area contributed by atoms with E-state index in [4.69, 9.17) is 0 Å². The van der Waals surface area contributed by atoms with Gasteiger partial charge < -0.3 is 10.6 Å². The lowest BCUT2D eigenvalue weighted by molar-refractivity contribution is -0.133. The van der Waals surface area contributed by atoms with Crippen LogP contribution in [0.15, 0.2) is 12.2 Å². The van der Waals surface area contributed by atoms with Gasteiger partial charge in [0.25, 0.3) is 0 Å². The van der Waals surface area contributed by atoms with Crippen LogP contribution in [0.4, 0.5) is 0 Å². The van der Waals surface area contributed by atoms with Crippen LogP contribution in [0.25, 0.3) is 0 Å². The van der Waals surface area contributed by atoms with Crippen LogP contribution in [-0.4, -0.2) is 24.4 Å². The zero-order chi connectivity index (χ0) is 11.8. The number of amides is 2. The average molecular weight is 224 g/mol. The van der Waals surface area contributed by atoms with Gasteiger partial charge in [-0.3, -0.25) is 9.59 Å². The highest BCUT2D eigenvalue weighted by Crippen LogP contribution is 2.00. The molecule has 0 aromatic carbocycles. The molecule has 0 aromatic rings. The van der Waals surface area contributed by atoms with E-state index in [1.165, 1.54) is 19.3 Å². The molecular formula is C12H20N2O2. The third kappa shape index (κ3) is 4.47. The van der Waals surface area contributed by atoms with Crippen molar-refractivity contribution in [3.63, 3.8) is 0 Å². The molecule has 2 amide bonds. The van der Waals surface area contributed by atoms with Crippen LogP contribution in [-0.2, 0) is 9.59 Å². The molecule has 0 spiro atoms. The lowest BCUT2D eigenvalue weighted by atomic mass is 10.1. The number of unbranched alkanes of at least 4 members (excludes halogenated alkanes) is 3. The van der Waals surface area contributed by atoms with Gasteiger partial charge in [0, 0.05) is 13.0 Å². The molecule has 0 saturated carbocycles. The summed E-state index contributed by atoms with van der Waals surface area (Å²) in [7, 11) is 0. The Morgan fingerprint density at radius 1 is 1.50 bits per heavy atom. The van der Waals surface area contributed by atoms with Crippen LogP contribution in [0.2, 0.25) is 0 Å². The molecule has 0 aromatic heterocycles. The van der Waals surface area contributed by atoms with Crippen LogP contribution >= 0.6 is 0 Å². The largest absolute Gasteiger partial charge is 0.352 e. The highest BCUT2D eigenvalue weighted by Gasteiger charge is 2.28. The lowest BCUT2D eigenvalue weighted by Gasteiger charge is -2.26. The summed E-state index contributed by atoms with van der Waals surface area (Å²) in [5.41, 5.74) is 0. The van der Waals surface area contributed by atoms with Crippen molar-refractivity contribution in [2.24, 2.45) is 0 Å². The summed E-state index contributed by atoms with van der Waals surface area (Å²) < 4.78 is 0. The van der Waals surface area contributed by atoms with Crippen LogP contribution in [0.3, 0.4) is 0 Å². The van der Waals surface area contributed by atoms with E-state index in [9.17, 15) is 9.59 Å². The van der Waals surface area contributed by atoms with Gasteiger partial charge in [0.15, 0.2) is 0 Å². The molecule has 4 heteroatoms. The summed E-state index contributed by atoms with van der Waals surface area (Å²) in [4.78, 5) is 22.2. The van der Waals surface area contributed by atoms with Crippen molar-refractivity contribution in [2.75, 3.05) is 6.54 Å². The van der Waals surface area contributed by atoms with Crippen LogP contribution < -0.4 is 10.6 Å². The van der Waals surface area contributed by atoms with E-state index in [2.05, 4.69) is 17.6 Å². The molecule has 0 aliphatic carbocycles. The number of hydrogen-bond donors (Lipinski definition) is 2. The number of rotatable bonds is 7. The Morgan fingerprint density at radius 3 is 2.88 bits per heavy atom. The number of hydrogen-bond acceptors (Lipinski definition) is 2. The third-order valence-electron chi connectivity index (χ3n) is 2.58. The Labute approximate surface area is 96.5 Å². The van der Waals surface area contributed by atoms with E-state index in [0.717, 1.165) is 6.42 Å². The van der Waals surface area contributed by atoms with Crippen molar-refractivity contribution in [1.82, 2.24) is 10.6 Å². The monoisotopic (exact) mass is 224 g/mol. The molecule has 1 saturated heterocycles. The van der Waals surface area contributed by atoms with E-state index < -0.39 is 0 Å². The first-order valence-electron chi connectivity index (χ1n) is 5.96. The smallest absolute Gasteiger partial charge is 0.244 e. The number of carbonyl (C=O) groups excluding carboxylic acids is 2. The van der Waals surface area contributed by atoms with Crippen molar-refractivity contribution >= 4 is 11.8 Å². The fourth-order valence-electron chi connectivity index (χ4n) is 1.48. The zero-order valence-corrected chi connectivity index (χ0v) is 9.79. The van der Waals surface area contributed by atoms with Gasteiger partial charge in [-0.25, -0.2) is 0 Å². The second kappa shape index (κ2) is 7.04. The first-order valence-corrected chi connectivity index (χ1v) is 5.96. The molecule has 1 atom stereocenters. The second-order valence-electron chi connectivity index (χ2n) is 4.04. The van der Waals surface area contributed by atoms with Crippen LogP contribution in [0, 0.1) is 0 Å². The average Bonchev–Trinajstić information content (AvgIpc) is 2.28. The van der Waals surface area contributed by atoms with Crippen LogP contribution in [0.1, 0.15) is 39.0 Å². The van der Waals surface area contributed by atoms with Crippen molar-refractivity contribution < 1.29 is 9.59 Å². The van der Waals surface area contributed by atoms with Crippen molar-refractivity contribution in [3.8, 4) is 0 Å². The maximum atomic E-state index is 11.3. The second-order valence-corrected chi connectivity index (χ2v) is 4.04. The molecule has 1 rings (SSSR count). The number of β-lactam (4-membered cyclic amide) rings is 1. The van der Waals surface area contributed by atoms with Gasteiger partial charge in [-0.2, -0.15) is 0 Å². The summed E-state index contributed by atoms with van der Waals surface area (Å²) in [5.74, 6) is -0.160. The van der Waals surface area contributed by atoms with Gasteiger partial charge in [0.2, 0.25) is 11.8 Å². The third-order valence-corrected chi connectivity index (χ3v) is 2.58. The fraction of sp³-hybridized carbons (Fsp3) is 0.667. The van der Waals surface area contributed by atoms with Crippen LogP contribution in [0.5, 0.6) is 0 Å². The molecule has 1 aliphatic rings. The molecule has 0 unspecified atom stereocenters. The standard InChI is InChI=1S/C12H20N2O2/c1-2-3-4-5-6-7-8-11(15)14-10-9-13-12(10)16/h6-7,10H,2-5,8-9H2,1H3,(H,13,16)(H,14,15)/b7-6-/t10-/m0/s1. The molecule has 0 radical (unpaired) electrons. The number of allylic oxidation sites excluding steroid dienone is 1. The zero-order valence-electron chi connectivity index (χ0n) is 9.79. The highest BCUT2D eigenvalue weighted by molar-refractivity contribution is 5.92. The van der Waals surface area contributed by atoms with Crippen molar-refractivity contribution in [2.45, 2.75) is 45.1 Å². The lowest BCUT2D eigenvalue weighted by Crippen LogP contribution is -2.61. The van der Waals surface area contributed by atoms with Crippen molar-refractivity contribution in [1.29, 1.82) is 0 Å². The summed E-state index contributed by atoms with van der Waals surface area (Å²) in [6, 6.07) is -0.305. The molecule has 16 heavy (non-hydrogen) atoms. The molecule has 4 nitrogen and oxygen atoms in total. The first-order chi connectivity index (χ1) is 7.74. The predicted octanol–water partition coefficient (Wildman–Crippen LogP) is 1.13. The molecule has 1 aliphatic heterocycles. The van der Waals surface area contributed by atoms with Crippen molar-refractivity contribution in [3.05, 3.63) is 12.2 Å². The van der Waals surface area contributed by atoms with E-state index >= 15 is 0 Å². The minimum absolute atomic E-state index is 0.0772. The van der Waals surface area contributed by atoms with Gasteiger partial charge in [0.1, 0.15) is 6.04 Å². The minimum Gasteiger partial charge on any atom is -0.352 e. The topological polar surface area (TPSA) is 58.2 Å².